The van der Waals surface area contributed by atoms with Crippen LogP contribution in [0, 0.1) is 5.41 Å². The normalized spacial score (nSPS) is 18.9. The fourth-order valence-corrected chi connectivity index (χ4v) is 4.94. The van der Waals surface area contributed by atoms with Crippen molar-refractivity contribution in [1.29, 1.82) is 0 Å². The van der Waals surface area contributed by atoms with Crippen LogP contribution in [0.5, 0.6) is 0 Å². The number of aromatic nitrogens is 1. The minimum absolute atomic E-state index is 0.00800. The number of primary amides is 1. The Bertz CT molecular complexity index is 1020. The van der Waals surface area contributed by atoms with Gasteiger partial charge in [0, 0.05) is 29.9 Å². The fourth-order valence-electron chi connectivity index (χ4n) is 4.21. The fraction of sp³-hybridized carbons (Fsp3) is 0.292. The molecule has 1 unspecified atom stereocenters. The van der Waals surface area contributed by atoms with Gasteiger partial charge in [0.1, 0.15) is 0 Å². The van der Waals surface area contributed by atoms with Gasteiger partial charge in [-0.2, -0.15) is 0 Å². The molecule has 4 rings (SSSR count). The molecule has 1 saturated heterocycles. The van der Waals surface area contributed by atoms with Crippen LogP contribution in [0.3, 0.4) is 0 Å². The number of hydrogen-bond acceptors (Lipinski definition) is 4. The number of nitrogens with zero attached hydrogens (tertiary/aromatic N) is 2. The van der Waals surface area contributed by atoms with E-state index in [1.165, 1.54) is 4.88 Å². The van der Waals surface area contributed by atoms with Gasteiger partial charge in [0.15, 0.2) is 0 Å². The summed E-state index contributed by atoms with van der Waals surface area (Å²) in [6, 6.07) is 17.9. The van der Waals surface area contributed by atoms with Crippen molar-refractivity contribution in [2.24, 2.45) is 11.1 Å². The van der Waals surface area contributed by atoms with E-state index in [1.807, 2.05) is 36.4 Å². The zero-order chi connectivity index (χ0) is 21.0. The van der Waals surface area contributed by atoms with Crippen molar-refractivity contribution < 1.29 is 9.59 Å². The summed E-state index contributed by atoms with van der Waals surface area (Å²) in [6.45, 7) is 1.01. The third-order valence-electron chi connectivity index (χ3n) is 5.79. The summed E-state index contributed by atoms with van der Waals surface area (Å²) in [4.78, 5) is 32.7. The van der Waals surface area contributed by atoms with Crippen molar-refractivity contribution >= 4 is 23.2 Å². The van der Waals surface area contributed by atoms with Crippen molar-refractivity contribution in [2.45, 2.75) is 25.7 Å². The molecule has 1 aliphatic rings. The number of pyridine rings is 1. The predicted octanol–water partition coefficient (Wildman–Crippen LogP) is 3.69. The molecule has 2 aromatic heterocycles. The molecule has 5 nitrogen and oxygen atoms in total. The van der Waals surface area contributed by atoms with Gasteiger partial charge in [-0.3, -0.25) is 14.6 Å². The molecular formula is C24H25N3O2S. The van der Waals surface area contributed by atoms with Gasteiger partial charge >= 0.3 is 0 Å². The monoisotopic (exact) mass is 419 g/mol. The smallest absolute Gasteiger partial charge is 0.228 e. The van der Waals surface area contributed by atoms with Crippen molar-refractivity contribution in [3.8, 4) is 10.4 Å². The Morgan fingerprint density at radius 3 is 2.77 bits per heavy atom. The minimum atomic E-state index is -0.744. The molecular weight excluding hydrogens is 394 g/mol. The summed E-state index contributed by atoms with van der Waals surface area (Å²) in [7, 11) is 0. The molecule has 0 bridgehead atoms. The van der Waals surface area contributed by atoms with Crippen molar-refractivity contribution in [1.82, 2.24) is 9.88 Å². The number of piperidine rings is 1. The highest BCUT2D eigenvalue weighted by molar-refractivity contribution is 7.13. The highest BCUT2D eigenvalue weighted by Crippen LogP contribution is 2.35. The second-order valence-corrected chi connectivity index (χ2v) is 8.86. The molecule has 2 N–H and O–H groups in total. The van der Waals surface area contributed by atoms with Crippen LogP contribution in [0.15, 0.2) is 66.2 Å². The van der Waals surface area contributed by atoms with Crippen LogP contribution in [0.25, 0.3) is 10.4 Å². The average Bonchev–Trinajstić information content (AvgIpc) is 3.30. The van der Waals surface area contributed by atoms with Crippen LogP contribution in [-0.4, -0.2) is 34.8 Å². The lowest BCUT2D eigenvalue weighted by Gasteiger charge is -2.41. The number of carbonyl (C=O) groups excluding carboxylic acids is 2. The largest absolute Gasteiger partial charge is 0.369 e. The van der Waals surface area contributed by atoms with E-state index in [1.54, 1.807) is 22.4 Å². The maximum atomic E-state index is 12.9. The topological polar surface area (TPSA) is 76.3 Å². The highest BCUT2D eigenvalue weighted by atomic mass is 32.1. The molecule has 6 heteroatoms. The molecule has 3 aromatic rings. The van der Waals surface area contributed by atoms with Crippen LogP contribution in [0.4, 0.5) is 0 Å². The van der Waals surface area contributed by atoms with E-state index in [0.29, 0.717) is 25.9 Å². The summed E-state index contributed by atoms with van der Waals surface area (Å²) in [5, 5.41) is 2.05. The SMILES string of the molecule is NC(=O)C1(Cc2cccc(-c3cccs3)c2)CCCN(C(=O)Cc2ccccn2)C1. The molecule has 0 radical (unpaired) electrons. The molecule has 0 aliphatic carbocycles. The first-order valence-electron chi connectivity index (χ1n) is 10.2. The minimum Gasteiger partial charge on any atom is -0.369 e. The quantitative estimate of drug-likeness (QED) is 0.662. The first-order chi connectivity index (χ1) is 14.6. The maximum Gasteiger partial charge on any atom is 0.228 e. The molecule has 1 atom stereocenters. The zero-order valence-corrected chi connectivity index (χ0v) is 17.6. The average molecular weight is 420 g/mol. The van der Waals surface area contributed by atoms with E-state index >= 15 is 0 Å². The number of thiophene rings is 1. The van der Waals surface area contributed by atoms with Gasteiger partial charge in [-0.25, -0.2) is 0 Å². The first-order valence-corrected chi connectivity index (χ1v) is 11.0. The van der Waals surface area contributed by atoms with Crippen LogP contribution in [0.2, 0.25) is 0 Å². The van der Waals surface area contributed by atoms with Gasteiger partial charge in [0.2, 0.25) is 11.8 Å². The predicted molar refractivity (Wildman–Crippen MR) is 119 cm³/mol. The lowest BCUT2D eigenvalue weighted by atomic mass is 9.74. The molecule has 1 fully saturated rings. The van der Waals surface area contributed by atoms with Gasteiger partial charge in [0.25, 0.3) is 0 Å². The van der Waals surface area contributed by atoms with E-state index in [9.17, 15) is 9.59 Å². The van der Waals surface area contributed by atoms with E-state index in [-0.39, 0.29) is 18.2 Å². The van der Waals surface area contributed by atoms with Gasteiger partial charge in [-0.1, -0.05) is 36.4 Å². The number of likely N-dealkylation sites (tertiary alicyclic amines) is 1. The number of carbonyl (C=O) groups is 2. The van der Waals surface area contributed by atoms with Crippen LogP contribution in [0.1, 0.15) is 24.1 Å². The van der Waals surface area contributed by atoms with E-state index in [2.05, 4.69) is 28.6 Å². The molecule has 1 aliphatic heterocycles. The third-order valence-corrected chi connectivity index (χ3v) is 6.70. The first kappa shape index (κ1) is 20.3. The van der Waals surface area contributed by atoms with E-state index in [4.69, 9.17) is 5.73 Å². The van der Waals surface area contributed by atoms with Gasteiger partial charge in [-0.15, -0.1) is 11.3 Å². The van der Waals surface area contributed by atoms with Crippen LogP contribution >= 0.6 is 11.3 Å². The third kappa shape index (κ3) is 4.44. The van der Waals surface area contributed by atoms with Gasteiger partial charge < -0.3 is 10.6 Å². The number of rotatable bonds is 6. The second kappa shape index (κ2) is 8.79. The molecule has 1 aromatic carbocycles. The molecule has 0 spiro atoms. The second-order valence-electron chi connectivity index (χ2n) is 7.92. The van der Waals surface area contributed by atoms with Crippen LogP contribution in [-0.2, 0) is 22.4 Å². The number of nitrogens with two attached hydrogens (primary N) is 1. The summed E-state index contributed by atoms with van der Waals surface area (Å²) in [6.07, 6.45) is 3.92. The van der Waals surface area contributed by atoms with Gasteiger partial charge in [-0.05, 0) is 54.0 Å². The maximum absolute atomic E-state index is 12.9. The van der Waals surface area contributed by atoms with E-state index < -0.39 is 5.41 Å². The lowest BCUT2D eigenvalue weighted by molar-refractivity contribution is -0.139. The molecule has 154 valence electrons. The Balaban J connectivity index is 1.53. The summed E-state index contributed by atoms with van der Waals surface area (Å²) in [5.74, 6) is -0.342. The standard InChI is InChI=1S/C24H25N3O2S/c25-23(29)24(16-18-6-3-7-19(14-18)21-9-4-13-30-21)10-5-12-27(17-24)22(28)15-20-8-1-2-11-26-20/h1-4,6-9,11,13-14H,5,10,12,15-17H2,(H2,25,29). The molecule has 3 heterocycles. The van der Waals surface area contributed by atoms with Crippen LogP contribution < -0.4 is 5.73 Å². The highest BCUT2D eigenvalue weighted by Gasteiger charge is 2.42. The Kier molecular flexibility index (Phi) is 5.95. The number of benzene rings is 1. The summed E-state index contributed by atoms with van der Waals surface area (Å²) < 4.78 is 0. The summed E-state index contributed by atoms with van der Waals surface area (Å²) >= 11 is 1.69. The molecule has 2 amide bonds. The zero-order valence-electron chi connectivity index (χ0n) is 16.8. The Morgan fingerprint density at radius 2 is 2.03 bits per heavy atom. The number of hydrogen-bond donors (Lipinski definition) is 1. The van der Waals surface area contributed by atoms with Crippen molar-refractivity contribution in [3.63, 3.8) is 0 Å². The molecule has 30 heavy (non-hydrogen) atoms. The lowest BCUT2D eigenvalue weighted by Crippen LogP contribution is -2.53. The van der Waals surface area contributed by atoms with Crippen molar-refractivity contribution in [2.75, 3.05) is 13.1 Å². The molecule has 0 saturated carbocycles. The van der Waals surface area contributed by atoms with E-state index in [0.717, 1.165) is 23.2 Å². The Morgan fingerprint density at radius 1 is 1.13 bits per heavy atom. The number of amides is 2. The van der Waals surface area contributed by atoms with Gasteiger partial charge in [0.05, 0.1) is 11.8 Å². The summed E-state index contributed by atoms with van der Waals surface area (Å²) in [5.41, 5.74) is 8.11. The Hall–Kier alpha value is -2.99. The van der Waals surface area contributed by atoms with Crippen molar-refractivity contribution in [3.05, 3.63) is 77.4 Å². The Labute approximate surface area is 180 Å².